The van der Waals surface area contributed by atoms with E-state index in [1.165, 1.54) is 9.87 Å². The Morgan fingerprint density at radius 2 is 1.81 bits per heavy atom. The zero-order valence-corrected chi connectivity index (χ0v) is 16.8. The van der Waals surface area contributed by atoms with Crippen LogP contribution in [0.1, 0.15) is 41.1 Å². The quantitative estimate of drug-likeness (QED) is 0.858. The minimum absolute atomic E-state index is 0.0666. The molecular formula is C21H26N2O3S. The number of nitrogens with one attached hydrogen (secondary N) is 1. The molecule has 5 nitrogen and oxygen atoms in total. The highest BCUT2D eigenvalue weighted by molar-refractivity contribution is 7.92. The topological polar surface area (TPSA) is 66.5 Å². The van der Waals surface area contributed by atoms with Gasteiger partial charge >= 0.3 is 0 Å². The maximum atomic E-state index is 12.7. The van der Waals surface area contributed by atoms with Crippen LogP contribution in [0.3, 0.4) is 0 Å². The van der Waals surface area contributed by atoms with Gasteiger partial charge in [-0.25, -0.2) is 8.42 Å². The van der Waals surface area contributed by atoms with Gasteiger partial charge in [0.15, 0.2) is 0 Å². The Hall–Kier alpha value is -2.34. The molecule has 1 atom stereocenters. The number of aryl methyl sites for hydroxylation is 3. The molecule has 0 saturated carbocycles. The van der Waals surface area contributed by atoms with E-state index in [2.05, 4.69) is 11.4 Å². The maximum Gasteiger partial charge on any atom is 0.241 e. The van der Waals surface area contributed by atoms with E-state index < -0.39 is 10.0 Å². The molecule has 0 bridgehead atoms. The number of carbonyl (C=O) groups excluding carboxylic acids is 1. The average Bonchev–Trinajstić information content (AvgIpc) is 2.58. The number of anilines is 1. The first-order chi connectivity index (χ1) is 12.7. The average molecular weight is 387 g/mol. The Labute approximate surface area is 161 Å². The molecule has 1 amide bonds. The first kappa shape index (κ1) is 19.4. The summed E-state index contributed by atoms with van der Waals surface area (Å²) in [5, 5.41) is 3.03. The molecule has 0 radical (unpaired) electrons. The number of nitrogens with zero attached hydrogens (tertiary/aromatic N) is 1. The number of amides is 1. The van der Waals surface area contributed by atoms with Crippen LogP contribution in [0.5, 0.6) is 0 Å². The van der Waals surface area contributed by atoms with Crippen LogP contribution in [0.4, 0.5) is 5.69 Å². The van der Waals surface area contributed by atoms with Crippen LogP contribution >= 0.6 is 0 Å². The van der Waals surface area contributed by atoms with Crippen LogP contribution < -0.4 is 9.62 Å². The zero-order chi connectivity index (χ0) is 19.6. The number of hydrogen-bond acceptors (Lipinski definition) is 3. The molecule has 0 saturated heterocycles. The fourth-order valence-electron chi connectivity index (χ4n) is 3.77. The molecule has 0 fully saturated rings. The van der Waals surface area contributed by atoms with Gasteiger partial charge in [-0.2, -0.15) is 0 Å². The minimum Gasteiger partial charge on any atom is -0.348 e. The van der Waals surface area contributed by atoms with Gasteiger partial charge in [0.25, 0.3) is 0 Å². The molecule has 0 aromatic heterocycles. The van der Waals surface area contributed by atoms with Crippen molar-refractivity contribution in [1.29, 1.82) is 0 Å². The molecule has 0 aliphatic heterocycles. The molecule has 0 heterocycles. The Bertz CT molecular complexity index is 933. The predicted molar refractivity (Wildman–Crippen MR) is 108 cm³/mol. The van der Waals surface area contributed by atoms with Gasteiger partial charge < -0.3 is 5.32 Å². The molecular weight excluding hydrogens is 360 g/mol. The highest BCUT2D eigenvalue weighted by Crippen LogP contribution is 2.29. The number of fused-ring (bicyclic) bond motifs is 1. The lowest BCUT2D eigenvalue weighted by Gasteiger charge is -2.28. The normalized spacial score (nSPS) is 16.5. The fraction of sp³-hybridized carbons (Fsp3) is 0.381. The van der Waals surface area contributed by atoms with Crippen LogP contribution in [-0.2, 0) is 21.2 Å². The molecule has 6 heteroatoms. The number of benzene rings is 2. The molecule has 1 N–H and O–H groups in total. The molecule has 1 aliphatic rings. The molecule has 144 valence electrons. The molecule has 0 spiro atoms. The summed E-state index contributed by atoms with van der Waals surface area (Å²) >= 11 is 0. The van der Waals surface area contributed by atoms with Gasteiger partial charge in [-0.1, -0.05) is 30.3 Å². The van der Waals surface area contributed by atoms with Crippen molar-refractivity contribution in [3.63, 3.8) is 0 Å². The third kappa shape index (κ3) is 4.69. The van der Waals surface area contributed by atoms with Crippen molar-refractivity contribution >= 4 is 21.6 Å². The molecule has 3 rings (SSSR count). The molecule has 2 aromatic carbocycles. The van der Waals surface area contributed by atoms with Crippen LogP contribution in [0.25, 0.3) is 0 Å². The maximum absolute atomic E-state index is 12.7. The van der Waals surface area contributed by atoms with E-state index in [-0.39, 0.29) is 18.5 Å². The number of hydrogen-bond donors (Lipinski definition) is 1. The Balaban J connectivity index is 1.80. The van der Waals surface area contributed by atoms with Crippen molar-refractivity contribution in [3.05, 3.63) is 64.7 Å². The minimum atomic E-state index is -3.58. The third-order valence-corrected chi connectivity index (χ3v) is 6.03. The summed E-state index contributed by atoms with van der Waals surface area (Å²) in [5.74, 6) is -0.290. The van der Waals surface area contributed by atoms with E-state index in [4.69, 9.17) is 0 Å². The fourth-order valence-corrected chi connectivity index (χ4v) is 4.61. The predicted octanol–water partition coefficient (Wildman–Crippen LogP) is 3.26. The summed E-state index contributed by atoms with van der Waals surface area (Å²) < 4.78 is 25.8. The number of carbonyl (C=O) groups is 1. The number of sulfonamides is 1. The molecule has 2 aromatic rings. The monoisotopic (exact) mass is 386 g/mol. The van der Waals surface area contributed by atoms with Crippen LogP contribution in [0.15, 0.2) is 42.5 Å². The van der Waals surface area contributed by atoms with Crippen molar-refractivity contribution in [2.75, 3.05) is 17.1 Å². The second-order valence-corrected chi connectivity index (χ2v) is 9.23. The number of rotatable bonds is 5. The lowest BCUT2D eigenvalue weighted by molar-refractivity contribution is -0.120. The standard InChI is InChI=1S/C21H26N2O3S/c1-15-11-16(2)13-18(12-15)23(27(3,25)26)14-21(24)22-20-10-6-8-17-7-4-5-9-19(17)20/h4-5,7,9,11-13,20H,6,8,10,14H2,1-3H3,(H,22,24). The summed E-state index contributed by atoms with van der Waals surface area (Å²) in [5.41, 5.74) is 4.83. The highest BCUT2D eigenvalue weighted by atomic mass is 32.2. The van der Waals surface area contributed by atoms with Crippen molar-refractivity contribution in [2.45, 2.75) is 39.2 Å². The highest BCUT2D eigenvalue weighted by Gasteiger charge is 2.25. The van der Waals surface area contributed by atoms with Gasteiger partial charge in [-0.15, -0.1) is 0 Å². The summed E-state index contributed by atoms with van der Waals surface area (Å²) in [6.07, 6.45) is 4.02. The lowest BCUT2D eigenvalue weighted by Crippen LogP contribution is -2.42. The molecule has 27 heavy (non-hydrogen) atoms. The summed E-state index contributed by atoms with van der Waals surface area (Å²) in [6, 6.07) is 13.6. The van der Waals surface area contributed by atoms with Gasteiger partial charge in [0.2, 0.25) is 15.9 Å². The van der Waals surface area contributed by atoms with Crippen LogP contribution in [-0.4, -0.2) is 27.1 Å². The second kappa shape index (κ2) is 7.72. The van der Waals surface area contributed by atoms with Crippen molar-refractivity contribution in [1.82, 2.24) is 5.32 Å². The Morgan fingerprint density at radius 1 is 1.15 bits per heavy atom. The second-order valence-electron chi connectivity index (χ2n) is 7.33. The van der Waals surface area contributed by atoms with E-state index in [1.54, 1.807) is 12.1 Å². The lowest BCUT2D eigenvalue weighted by atomic mass is 9.88. The molecule has 1 aliphatic carbocycles. The van der Waals surface area contributed by atoms with Gasteiger partial charge in [0, 0.05) is 0 Å². The first-order valence-corrected chi connectivity index (χ1v) is 11.0. The first-order valence-electron chi connectivity index (χ1n) is 9.17. The Morgan fingerprint density at radius 3 is 2.48 bits per heavy atom. The largest absolute Gasteiger partial charge is 0.348 e. The summed E-state index contributed by atoms with van der Waals surface area (Å²) in [6.45, 7) is 3.60. The van der Waals surface area contributed by atoms with Crippen molar-refractivity contribution in [2.24, 2.45) is 0 Å². The van der Waals surface area contributed by atoms with Gasteiger partial charge in [-0.3, -0.25) is 9.10 Å². The van der Waals surface area contributed by atoms with E-state index in [0.29, 0.717) is 5.69 Å². The van der Waals surface area contributed by atoms with E-state index >= 15 is 0 Å². The smallest absolute Gasteiger partial charge is 0.241 e. The van der Waals surface area contributed by atoms with E-state index in [9.17, 15) is 13.2 Å². The van der Waals surface area contributed by atoms with Crippen LogP contribution in [0.2, 0.25) is 0 Å². The zero-order valence-electron chi connectivity index (χ0n) is 16.0. The molecule has 1 unspecified atom stereocenters. The van der Waals surface area contributed by atoms with Gasteiger partial charge in [0.05, 0.1) is 18.0 Å². The Kier molecular flexibility index (Phi) is 5.56. The van der Waals surface area contributed by atoms with Gasteiger partial charge in [-0.05, 0) is 67.5 Å². The summed E-state index contributed by atoms with van der Waals surface area (Å²) in [7, 11) is -3.58. The van der Waals surface area contributed by atoms with E-state index in [1.807, 2.05) is 38.1 Å². The van der Waals surface area contributed by atoms with Crippen LogP contribution in [0, 0.1) is 13.8 Å². The summed E-state index contributed by atoms with van der Waals surface area (Å²) in [4.78, 5) is 12.7. The van der Waals surface area contributed by atoms with Crippen molar-refractivity contribution < 1.29 is 13.2 Å². The van der Waals surface area contributed by atoms with E-state index in [0.717, 1.165) is 42.2 Å². The van der Waals surface area contributed by atoms with Crippen molar-refractivity contribution in [3.8, 4) is 0 Å². The third-order valence-electron chi connectivity index (χ3n) is 4.89. The van der Waals surface area contributed by atoms with Gasteiger partial charge in [0.1, 0.15) is 6.54 Å². The SMILES string of the molecule is Cc1cc(C)cc(N(CC(=O)NC2CCCc3ccccc32)S(C)(=O)=O)c1.